The predicted molar refractivity (Wildman–Crippen MR) is 115 cm³/mol. The van der Waals surface area contributed by atoms with E-state index < -0.39 is 5.60 Å². The van der Waals surface area contributed by atoms with Crippen molar-refractivity contribution in [2.24, 2.45) is 9.98 Å². The number of benzene rings is 1. The lowest BCUT2D eigenvalue weighted by Gasteiger charge is -2.16. The van der Waals surface area contributed by atoms with Crippen LogP contribution in [0.25, 0.3) is 10.9 Å². The maximum Gasteiger partial charge on any atom is 0.176 e. The normalized spacial score (nSPS) is 13.5. The van der Waals surface area contributed by atoms with Crippen LogP contribution in [0.4, 0.5) is 0 Å². The molecule has 2 aromatic heterocycles. The Hall–Kier alpha value is -3.00. The number of aliphatic hydroxyl groups is 1. The number of hydrogen-bond donors (Lipinski definition) is 2. The van der Waals surface area contributed by atoms with Crippen LogP contribution in [-0.2, 0) is 6.54 Å². The molecule has 0 fully saturated rings. The molecule has 0 saturated carbocycles. The second-order valence-electron chi connectivity index (χ2n) is 7.93. The molecule has 0 unspecified atom stereocenters. The van der Waals surface area contributed by atoms with Gasteiger partial charge in [-0.1, -0.05) is 0 Å². The fraction of sp³-hybridized carbons (Fsp3) is 0.429. The summed E-state index contributed by atoms with van der Waals surface area (Å²) in [5, 5.41) is 22.6. The smallest absolute Gasteiger partial charge is 0.176 e. The van der Waals surface area contributed by atoms with Crippen molar-refractivity contribution < 1.29 is 9.84 Å². The first-order valence-electron chi connectivity index (χ1n) is 9.58. The van der Waals surface area contributed by atoms with Crippen LogP contribution >= 0.6 is 0 Å². The van der Waals surface area contributed by atoms with Crippen molar-refractivity contribution in [3.63, 3.8) is 0 Å². The highest BCUT2D eigenvalue weighted by Crippen LogP contribution is 2.24. The third-order valence-corrected chi connectivity index (χ3v) is 4.20. The van der Waals surface area contributed by atoms with E-state index in [9.17, 15) is 5.11 Å². The van der Waals surface area contributed by atoms with E-state index in [0.717, 1.165) is 27.9 Å². The summed E-state index contributed by atoms with van der Waals surface area (Å²) < 4.78 is 7.51. The van der Waals surface area contributed by atoms with Gasteiger partial charge in [0, 0.05) is 24.2 Å². The zero-order valence-electron chi connectivity index (χ0n) is 17.8. The van der Waals surface area contributed by atoms with E-state index in [2.05, 4.69) is 25.3 Å². The molecular weight excluding hydrogens is 368 g/mol. The first-order valence-corrected chi connectivity index (χ1v) is 9.58. The van der Waals surface area contributed by atoms with Crippen LogP contribution in [0.5, 0.6) is 5.75 Å². The number of aromatic nitrogens is 4. The zero-order valence-corrected chi connectivity index (χ0v) is 17.8. The van der Waals surface area contributed by atoms with E-state index >= 15 is 0 Å². The summed E-state index contributed by atoms with van der Waals surface area (Å²) in [5.41, 5.74) is 2.34. The molecule has 2 N–H and O–H groups in total. The van der Waals surface area contributed by atoms with Gasteiger partial charge in [-0.2, -0.15) is 10.2 Å². The minimum absolute atomic E-state index is 0.0859. The first-order chi connectivity index (χ1) is 13.7. The van der Waals surface area contributed by atoms with Crippen LogP contribution in [-0.4, -0.2) is 55.4 Å². The van der Waals surface area contributed by atoms with Crippen LogP contribution in [0.3, 0.4) is 0 Å². The number of fused-ring (bicyclic) bond motifs is 1. The molecule has 154 valence electrons. The van der Waals surface area contributed by atoms with Crippen molar-refractivity contribution >= 4 is 22.5 Å². The summed E-state index contributed by atoms with van der Waals surface area (Å²) in [4.78, 5) is 9.03. The summed E-state index contributed by atoms with van der Waals surface area (Å²) in [6.45, 7) is 9.78. The van der Waals surface area contributed by atoms with Crippen LogP contribution in [0.15, 0.2) is 40.6 Å². The second-order valence-corrected chi connectivity index (χ2v) is 7.93. The number of ether oxygens (including phenoxy) is 1. The fourth-order valence-corrected chi connectivity index (χ4v) is 2.97. The highest BCUT2D eigenvalue weighted by Gasteiger charge is 2.16. The molecule has 0 amide bonds. The molecule has 0 aliphatic rings. The summed E-state index contributed by atoms with van der Waals surface area (Å²) in [5.74, 6) is 1.30. The van der Waals surface area contributed by atoms with Gasteiger partial charge in [-0.05, 0) is 52.8 Å². The van der Waals surface area contributed by atoms with Gasteiger partial charge in [0.1, 0.15) is 11.4 Å². The standard InChI is InChI=1S/C21H28N6O2/c1-13(2)29-16-7-8-18-17(9-16)19(26-25-18)20(22-6)24-14(3)15-10-23-27(11-15)12-21(4,5)28/h7-11,13,28H,12H2,1-6H3,(H,25,26)/b22-20-,24-14+. The lowest BCUT2D eigenvalue weighted by Crippen LogP contribution is -2.26. The van der Waals surface area contributed by atoms with Crippen molar-refractivity contribution in [3.05, 3.63) is 41.9 Å². The molecule has 8 heteroatoms. The second kappa shape index (κ2) is 8.16. The molecule has 0 spiro atoms. The minimum atomic E-state index is -0.839. The molecule has 3 rings (SSSR count). The summed E-state index contributed by atoms with van der Waals surface area (Å²) >= 11 is 0. The Morgan fingerprint density at radius 3 is 2.76 bits per heavy atom. The Morgan fingerprint density at radius 2 is 2.10 bits per heavy atom. The topological polar surface area (TPSA) is 101 Å². The fourth-order valence-electron chi connectivity index (χ4n) is 2.97. The average Bonchev–Trinajstić information content (AvgIpc) is 3.24. The van der Waals surface area contributed by atoms with E-state index in [1.807, 2.05) is 45.2 Å². The van der Waals surface area contributed by atoms with Gasteiger partial charge in [-0.15, -0.1) is 0 Å². The van der Waals surface area contributed by atoms with Crippen molar-refractivity contribution in [3.8, 4) is 5.75 Å². The quantitative estimate of drug-likeness (QED) is 0.493. The Kier molecular flexibility index (Phi) is 5.83. The maximum atomic E-state index is 9.97. The molecule has 0 saturated heterocycles. The van der Waals surface area contributed by atoms with Crippen LogP contribution < -0.4 is 4.74 Å². The molecule has 1 aromatic carbocycles. The highest BCUT2D eigenvalue weighted by atomic mass is 16.5. The van der Waals surface area contributed by atoms with Crippen molar-refractivity contribution in [1.82, 2.24) is 20.0 Å². The molecule has 0 aliphatic carbocycles. The van der Waals surface area contributed by atoms with Gasteiger partial charge >= 0.3 is 0 Å². The number of amidine groups is 1. The van der Waals surface area contributed by atoms with Crippen LogP contribution in [0.1, 0.15) is 45.9 Å². The third kappa shape index (κ3) is 5.08. The lowest BCUT2D eigenvalue weighted by molar-refractivity contribution is 0.0577. The van der Waals surface area contributed by atoms with E-state index in [1.54, 1.807) is 31.8 Å². The largest absolute Gasteiger partial charge is 0.491 e. The number of H-pyrrole nitrogens is 1. The zero-order chi connectivity index (χ0) is 21.2. The van der Waals surface area contributed by atoms with Crippen molar-refractivity contribution in [2.75, 3.05) is 7.05 Å². The van der Waals surface area contributed by atoms with E-state index in [1.165, 1.54) is 0 Å². The Morgan fingerprint density at radius 1 is 1.34 bits per heavy atom. The van der Waals surface area contributed by atoms with Crippen LogP contribution in [0, 0.1) is 0 Å². The van der Waals surface area contributed by atoms with Gasteiger partial charge in [-0.25, -0.2) is 4.99 Å². The third-order valence-electron chi connectivity index (χ3n) is 4.20. The number of aromatic amines is 1. The van der Waals surface area contributed by atoms with Gasteiger partial charge in [0.25, 0.3) is 0 Å². The maximum absolute atomic E-state index is 9.97. The predicted octanol–water partition coefficient (Wildman–Crippen LogP) is 3.20. The van der Waals surface area contributed by atoms with E-state index in [4.69, 9.17) is 4.74 Å². The number of nitrogens with zero attached hydrogens (tertiary/aromatic N) is 5. The molecule has 0 atom stereocenters. The Bertz CT molecular complexity index is 1050. The van der Waals surface area contributed by atoms with Crippen LogP contribution in [0.2, 0.25) is 0 Å². The number of rotatable bonds is 6. The van der Waals surface area contributed by atoms with Crippen molar-refractivity contribution in [1.29, 1.82) is 0 Å². The monoisotopic (exact) mass is 396 g/mol. The van der Waals surface area contributed by atoms with Gasteiger partial charge in [0.05, 0.1) is 35.7 Å². The van der Waals surface area contributed by atoms with Gasteiger partial charge in [0.15, 0.2) is 5.84 Å². The van der Waals surface area contributed by atoms with Gasteiger partial charge in [-0.3, -0.25) is 14.8 Å². The minimum Gasteiger partial charge on any atom is -0.491 e. The molecule has 8 nitrogen and oxygen atoms in total. The molecule has 3 aromatic rings. The number of aliphatic imine (C=N–C) groups is 2. The number of nitrogens with one attached hydrogen (secondary N) is 1. The molecule has 2 heterocycles. The molecule has 29 heavy (non-hydrogen) atoms. The Labute approximate surface area is 170 Å². The lowest BCUT2D eigenvalue weighted by atomic mass is 10.1. The summed E-state index contributed by atoms with van der Waals surface area (Å²) in [7, 11) is 1.69. The van der Waals surface area contributed by atoms with E-state index in [-0.39, 0.29) is 6.10 Å². The average molecular weight is 396 g/mol. The Balaban J connectivity index is 1.91. The number of hydrogen-bond acceptors (Lipinski definition) is 5. The first kappa shape index (κ1) is 20.7. The summed E-state index contributed by atoms with van der Waals surface area (Å²) in [6, 6.07) is 5.80. The van der Waals surface area contributed by atoms with E-state index in [0.29, 0.717) is 18.1 Å². The summed E-state index contributed by atoms with van der Waals surface area (Å²) in [6.07, 6.45) is 3.68. The molecule has 0 bridgehead atoms. The molecular formula is C21H28N6O2. The molecule has 0 aliphatic heterocycles. The van der Waals surface area contributed by atoms with Gasteiger partial charge < -0.3 is 9.84 Å². The van der Waals surface area contributed by atoms with Gasteiger partial charge in [0.2, 0.25) is 0 Å². The molecule has 0 radical (unpaired) electrons. The van der Waals surface area contributed by atoms with Crippen molar-refractivity contribution in [2.45, 2.75) is 52.9 Å². The SMILES string of the molecule is C/N=C(\N=C(/C)c1cnn(CC(C)(C)O)c1)c1n[nH]c2ccc(OC(C)C)cc12. The highest BCUT2D eigenvalue weighted by molar-refractivity contribution is 6.15.